The highest BCUT2D eigenvalue weighted by molar-refractivity contribution is 5.97. The second-order valence-corrected chi connectivity index (χ2v) is 6.11. The van der Waals surface area contributed by atoms with Crippen molar-refractivity contribution < 1.29 is 14.6 Å². The molecule has 0 fully saturated rings. The van der Waals surface area contributed by atoms with Crippen LogP contribution in [0.3, 0.4) is 0 Å². The molecule has 1 heterocycles. The number of unbranched alkanes of at least 4 members (excludes halogenated alkanes) is 3. The van der Waals surface area contributed by atoms with Crippen LogP contribution in [-0.2, 0) is 12.8 Å². The fourth-order valence-corrected chi connectivity index (χ4v) is 2.74. The lowest BCUT2D eigenvalue weighted by Gasteiger charge is -2.14. The molecule has 0 saturated heterocycles. The zero-order chi connectivity index (χ0) is 18.1. The Labute approximate surface area is 147 Å². The van der Waals surface area contributed by atoms with Gasteiger partial charge in [-0.05, 0) is 48.7 Å². The second kappa shape index (κ2) is 9.76. The lowest BCUT2D eigenvalue weighted by molar-refractivity contribution is 0.101. The van der Waals surface area contributed by atoms with Crippen LogP contribution in [0.25, 0.3) is 0 Å². The summed E-state index contributed by atoms with van der Waals surface area (Å²) in [7, 11) is 0. The van der Waals surface area contributed by atoms with E-state index in [-0.39, 0.29) is 11.5 Å². The first-order chi connectivity index (χ1) is 12.1. The number of phenols is 1. The number of phenolic OH excluding ortho intramolecular Hbond substituents is 1. The summed E-state index contributed by atoms with van der Waals surface area (Å²) in [5.41, 5.74) is 1.09. The molecule has 0 aliphatic rings. The van der Waals surface area contributed by atoms with E-state index >= 15 is 0 Å². The minimum absolute atomic E-state index is 0.0625. The maximum Gasteiger partial charge on any atom is 0.163 e. The number of H-pyrrole nitrogens is 1. The van der Waals surface area contributed by atoms with Gasteiger partial charge < -0.3 is 9.84 Å². The van der Waals surface area contributed by atoms with Crippen LogP contribution < -0.4 is 4.74 Å². The monoisotopic (exact) mass is 346 g/mol. The summed E-state index contributed by atoms with van der Waals surface area (Å²) in [6.45, 7) is 4.09. The van der Waals surface area contributed by atoms with Crippen molar-refractivity contribution in [2.24, 2.45) is 0 Å². The number of benzene rings is 1. The van der Waals surface area contributed by atoms with Crippen molar-refractivity contribution in [1.29, 1.82) is 0 Å². The summed E-state index contributed by atoms with van der Waals surface area (Å²) in [5.74, 6) is 1.43. The van der Waals surface area contributed by atoms with Gasteiger partial charge in [0.1, 0.15) is 17.3 Å². The van der Waals surface area contributed by atoms with Gasteiger partial charge in [-0.3, -0.25) is 4.79 Å². The molecule has 25 heavy (non-hydrogen) atoms. The van der Waals surface area contributed by atoms with Gasteiger partial charge in [-0.25, -0.2) is 5.10 Å². The molecule has 0 bridgehead atoms. The molecule has 0 aliphatic heterocycles. The Bertz CT molecular complexity index is 671. The van der Waals surface area contributed by atoms with Crippen molar-refractivity contribution in [3.05, 3.63) is 29.1 Å². The minimum Gasteiger partial charge on any atom is -0.507 e. The number of carbonyl (C=O) groups excluding carboxylic acids is 1. The summed E-state index contributed by atoms with van der Waals surface area (Å²) >= 11 is 0. The molecule has 2 N–H and O–H groups in total. The summed E-state index contributed by atoms with van der Waals surface area (Å²) in [4.78, 5) is 11.6. The highest BCUT2D eigenvalue weighted by Crippen LogP contribution is 2.33. The molecule has 2 aromatic rings. The topological polar surface area (TPSA) is 101 Å². The first-order valence-electron chi connectivity index (χ1n) is 8.84. The van der Waals surface area contributed by atoms with Crippen molar-refractivity contribution in [3.63, 3.8) is 0 Å². The molecule has 136 valence electrons. The van der Waals surface area contributed by atoms with Crippen LogP contribution in [0.4, 0.5) is 0 Å². The van der Waals surface area contributed by atoms with Crippen LogP contribution in [0.5, 0.6) is 11.5 Å². The first kappa shape index (κ1) is 18.9. The number of aromatic nitrogens is 4. The average Bonchev–Trinajstić information content (AvgIpc) is 3.10. The van der Waals surface area contributed by atoms with Crippen LogP contribution >= 0.6 is 0 Å². The highest BCUT2D eigenvalue weighted by atomic mass is 16.5. The number of nitrogens with one attached hydrogen (secondary N) is 1. The Balaban J connectivity index is 1.77. The zero-order valence-electron chi connectivity index (χ0n) is 14.9. The van der Waals surface area contributed by atoms with E-state index in [2.05, 4.69) is 20.6 Å². The lowest BCUT2D eigenvalue weighted by Crippen LogP contribution is -2.03. The number of hydrogen-bond donors (Lipinski definition) is 2. The standard InChI is InChI=1S/C18H26N4O3/c1-3-8-15-16(11-10-14(13(2)23)18(15)24)25-12-7-5-4-6-9-17-19-21-22-20-17/h10-11,24H,3-9,12H2,1-2H3,(H,19,20,21,22). The quantitative estimate of drug-likeness (QED) is 0.478. The normalized spacial score (nSPS) is 10.8. The van der Waals surface area contributed by atoms with E-state index in [1.165, 1.54) is 6.92 Å². The van der Waals surface area contributed by atoms with Crippen LogP contribution in [0.15, 0.2) is 12.1 Å². The molecule has 0 radical (unpaired) electrons. The van der Waals surface area contributed by atoms with Crippen LogP contribution in [0, 0.1) is 0 Å². The van der Waals surface area contributed by atoms with Crippen LogP contribution in [0.1, 0.15) is 67.7 Å². The number of ether oxygens (including phenoxy) is 1. The van der Waals surface area contributed by atoms with Gasteiger partial charge in [-0.15, -0.1) is 5.10 Å². The molecule has 0 unspecified atom stereocenters. The molecule has 1 aromatic heterocycles. The number of aromatic amines is 1. The zero-order valence-corrected chi connectivity index (χ0v) is 14.9. The van der Waals surface area contributed by atoms with Gasteiger partial charge >= 0.3 is 0 Å². The summed E-state index contributed by atoms with van der Waals surface area (Å²) in [6, 6.07) is 3.43. The van der Waals surface area contributed by atoms with Gasteiger partial charge in [-0.1, -0.05) is 26.2 Å². The molecule has 1 aromatic carbocycles. The van der Waals surface area contributed by atoms with Crippen molar-refractivity contribution in [2.45, 2.75) is 58.8 Å². The van der Waals surface area contributed by atoms with Gasteiger partial charge in [0.25, 0.3) is 0 Å². The third-order valence-electron chi connectivity index (χ3n) is 4.07. The number of ketones is 1. The second-order valence-electron chi connectivity index (χ2n) is 6.11. The number of Topliss-reactive ketones (excluding diaryl/α,β-unsaturated/α-hetero) is 1. The van der Waals surface area contributed by atoms with E-state index in [1.54, 1.807) is 12.1 Å². The molecular formula is C18H26N4O3. The number of nitrogens with zero attached hydrogens (tertiary/aromatic N) is 3. The summed E-state index contributed by atoms with van der Waals surface area (Å²) in [6.07, 6.45) is 6.54. The SMILES string of the molecule is CCCc1c(OCCCCCCc2nnn[nH]2)ccc(C(C)=O)c1O. The van der Waals surface area contributed by atoms with Crippen molar-refractivity contribution in [3.8, 4) is 11.5 Å². The lowest BCUT2D eigenvalue weighted by atomic mass is 10.0. The molecule has 2 rings (SSSR count). The van der Waals surface area contributed by atoms with Gasteiger partial charge in [-0.2, -0.15) is 0 Å². The van der Waals surface area contributed by atoms with E-state index in [4.69, 9.17) is 4.74 Å². The maximum atomic E-state index is 11.6. The smallest absolute Gasteiger partial charge is 0.163 e. The van der Waals surface area contributed by atoms with E-state index < -0.39 is 0 Å². The predicted molar refractivity (Wildman–Crippen MR) is 94.0 cm³/mol. The van der Waals surface area contributed by atoms with E-state index in [9.17, 15) is 9.90 Å². The predicted octanol–water partition coefficient (Wildman–Crippen LogP) is 3.24. The minimum atomic E-state index is -0.136. The third kappa shape index (κ3) is 5.55. The largest absolute Gasteiger partial charge is 0.507 e. The molecule has 0 aliphatic carbocycles. The number of rotatable bonds is 11. The molecule has 7 heteroatoms. The van der Waals surface area contributed by atoms with Crippen molar-refractivity contribution in [2.75, 3.05) is 6.61 Å². The fraction of sp³-hybridized carbons (Fsp3) is 0.556. The van der Waals surface area contributed by atoms with Gasteiger partial charge in [0.2, 0.25) is 0 Å². The average molecular weight is 346 g/mol. The maximum absolute atomic E-state index is 11.6. The van der Waals surface area contributed by atoms with E-state index in [0.29, 0.717) is 24.3 Å². The van der Waals surface area contributed by atoms with E-state index in [1.807, 2.05) is 6.92 Å². The van der Waals surface area contributed by atoms with Gasteiger partial charge in [0.15, 0.2) is 5.78 Å². The summed E-state index contributed by atoms with van der Waals surface area (Å²) < 4.78 is 5.85. The molecular weight excluding hydrogens is 320 g/mol. The number of aromatic hydroxyl groups is 1. The Hall–Kier alpha value is -2.44. The number of aryl methyl sites for hydroxylation is 1. The van der Waals surface area contributed by atoms with Crippen LogP contribution in [-0.4, -0.2) is 38.1 Å². The Morgan fingerprint density at radius 3 is 2.68 bits per heavy atom. The fourth-order valence-electron chi connectivity index (χ4n) is 2.74. The molecule has 0 atom stereocenters. The first-order valence-corrected chi connectivity index (χ1v) is 8.84. The van der Waals surface area contributed by atoms with Crippen LogP contribution in [0.2, 0.25) is 0 Å². The number of tetrazole rings is 1. The van der Waals surface area contributed by atoms with Gasteiger partial charge in [0, 0.05) is 12.0 Å². The van der Waals surface area contributed by atoms with Crippen molar-refractivity contribution in [1.82, 2.24) is 20.6 Å². The third-order valence-corrected chi connectivity index (χ3v) is 4.07. The number of carbonyl (C=O) groups is 1. The Morgan fingerprint density at radius 1 is 1.20 bits per heavy atom. The number of hydrogen-bond acceptors (Lipinski definition) is 6. The van der Waals surface area contributed by atoms with Gasteiger partial charge in [0.05, 0.1) is 12.2 Å². The molecule has 7 nitrogen and oxygen atoms in total. The molecule has 0 saturated carbocycles. The Kier molecular flexibility index (Phi) is 7.37. The Morgan fingerprint density at radius 2 is 2.00 bits per heavy atom. The van der Waals surface area contributed by atoms with Crippen molar-refractivity contribution >= 4 is 5.78 Å². The summed E-state index contributed by atoms with van der Waals surface area (Å²) in [5, 5.41) is 24.0. The molecule has 0 spiro atoms. The van der Waals surface area contributed by atoms with E-state index in [0.717, 1.165) is 49.9 Å². The highest BCUT2D eigenvalue weighted by Gasteiger charge is 2.15. The molecule has 0 amide bonds.